The summed E-state index contributed by atoms with van der Waals surface area (Å²) in [5, 5.41) is 0. The monoisotopic (exact) mass is 232 g/mol. The van der Waals surface area contributed by atoms with Crippen LogP contribution >= 0.6 is 0 Å². The molecule has 0 fully saturated rings. The molecule has 1 aliphatic rings. The summed E-state index contributed by atoms with van der Waals surface area (Å²) in [5.41, 5.74) is 4.85. The average Bonchev–Trinajstić information content (AvgIpc) is 2.47. The fourth-order valence-corrected chi connectivity index (χ4v) is 2.22. The van der Waals surface area contributed by atoms with Gasteiger partial charge in [0.15, 0.2) is 5.78 Å². The molecule has 1 aliphatic carbocycles. The molecule has 0 radical (unpaired) electrons. The van der Waals surface area contributed by atoms with Crippen LogP contribution in [-0.2, 0) is 4.79 Å². The van der Waals surface area contributed by atoms with Crippen LogP contribution in [0.1, 0.15) is 53.9 Å². The van der Waals surface area contributed by atoms with Gasteiger partial charge in [-0.2, -0.15) is 0 Å². The van der Waals surface area contributed by atoms with Crippen molar-refractivity contribution >= 4 is 5.78 Å². The normalized spacial score (nSPS) is 18.4. The van der Waals surface area contributed by atoms with Gasteiger partial charge >= 0.3 is 0 Å². The van der Waals surface area contributed by atoms with Crippen LogP contribution in [0.3, 0.4) is 0 Å². The lowest BCUT2D eigenvalue weighted by molar-refractivity contribution is -0.113. The van der Waals surface area contributed by atoms with Crippen molar-refractivity contribution < 1.29 is 4.79 Å². The highest BCUT2D eigenvalue weighted by Gasteiger charge is 2.15. The predicted octanol–water partition coefficient (Wildman–Crippen LogP) is 4.60. The van der Waals surface area contributed by atoms with Gasteiger partial charge in [-0.25, -0.2) is 0 Å². The Kier molecular flexibility index (Phi) is 4.92. The largest absolute Gasteiger partial charge is 0.295 e. The molecule has 0 amide bonds. The minimum absolute atomic E-state index is 0.176. The molecule has 0 spiro atoms. The molecule has 0 bridgehead atoms. The molecule has 0 saturated carbocycles. The second-order valence-corrected chi connectivity index (χ2v) is 5.01. The van der Waals surface area contributed by atoms with E-state index in [0.717, 1.165) is 30.4 Å². The first kappa shape index (κ1) is 14.0. The van der Waals surface area contributed by atoms with Gasteiger partial charge < -0.3 is 0 Å². The van der Waals surface area contributed by atoms with Crippen LogP contribution in [0, 0.1) is 5.92 Å². The number of carbonyl (C=O) groups is 1. The van der Waals surface area contributed by atoms with Crippen molar-refractivity contribution in [1.29, 1.82) is 0 Å². The first-order valence-electron chi connectivity index (χ1n) is 6.61. The molecule has 1 heteroatoms. The smallest absolute Gasteiger partial charge is 0.160 e. The number of Topliss-reactive ketones (excluding diaryl/α,β-unsaturated/α-hetero) is 1. The van der Waals surface area contributed by atoms with Crippen molar-refractivity contribution in [3.8, 4) is 0 Å². The maximum Gasteiger partial charge on any atom is 0.160 e. The van der Waals surface area contributed by atoms with Gasteiger partial charge in [-0.3, -0.25) is 4.79 Å². The van der Waals surface area contributed by atoms with Gasteiger partial charge in [-0.05, 0) is 44.6 Å². The lowest BCUT2D eigenvalue weighted by Gasteiger charge is -2.14. The molecule has 0 aromatic rings. The molecular formula is C16H24O. The van der Waals surface area contributed by atoms with E-state index in [-0.39, 0.29) is 5.78 Å². The Balaban J connectivity index is 3.21. The standard InChI is InChI=1S/C16H24O/c1-6-11(3)15-8-12(4)16(13(5)17)10-14(7-2)9-15/h8,10-11H,6-7,9H2,1-5H3. The molecule has 1 rings (SSSR count). The Morgan fingerprint density at radius 2 is 2.00 bits per heavy atom. The third-order valence-electron chi connectivity index (χ3n) is 3.69. The number of allylic oxidation sites excluding steroid dienone is 6. The van der Waals surface area contributed by atoms with E-state index in [9.17, 15) is 4.79 Å². The Labute approximate surface area is 105 Å². The van der Waals surface area contributed by atoms with Gasteiger partial charge in [-0.1, -0.05) is 44.1 Å². The number of rotatable bonds is 4. The molecular weight excluding hydrogens is 208 g/mol. The summed E-state index contributed by atoms with van der Waals surface area (Å²) in [7, 11) is 0. The Hall–Kier alpha value is -1.11. The zero-order chi connectivity index (χ0) is 13.0. The Morgan fingerprint density at radius 3 is 2.47 bits per heavy atom. The van der Waals surface area contributed by atoms with E-state index in [1.807, 2.05) is 6.92 Å². The summed E-state index contributed by atoms with van der Waals surface area (Å²) in [5.74, 6) is 0.779. The number of carbonyl (C=O) groups excluding carboxylic acids is 1. The summed E-state index contributed by atoms with van der Waals surface area (Å²) in [6, 6.07) is 0. The number of hydrogen-bond donors (Lipinski definition) is 0. The fourth-order valence-electron chi connectivity index (χ4n) is 2.22. The summed E-state index contributed by atoms with van der Waals surface area (Å²) in [6.45, 7) is 10.4. The maximum absolute atomic E-state index is 11.6. The van der Waals surface area contributed by atoms with E-state index < -0.39 is 0 Å². The summed E-state index contributed by atoms with van der Waals surface area (Å²) >= 11 is 0. The van der Waals surface area contributed by atoms with Crippen LogP contribution in [0.4, 0.5) is 0 Å². The first-order chi connectivity index (χ1) is 7.99. The maximum atomic E-state index is 11.6. The quantitative estimate of drug-likeness (QED) is 0.692. The van der Waals surface area contributed by atoms with Gasteiger partial charge in [0.2, 0.25) is 0 Å². The molecule has 94 valence electrons. The minimum atomic E-state index is 0.176. The summed E-state index contributed by atoms with van der Waals surface area (Å²) < 4.78 is 0. The highest BCUT2D eigenvalue weighted by molar-refractivity contribution is 5.97. The van der Waals surface area contributed by atoms with Gasteiger partial charge in [0.05, 0.1) is 0 Å². The third-order valence-corrected chi connectivity index (χ3v) is 3.69. The van der Waals surface area contributed by atoms with E-state index in [2.05, 4.69) is 32.9 Å². The topological polar surface area (TPSA) is 17.1 Å². The van der Waals surface area contributed by atoms with E-state index in [1.165, 1.54) is 11.1 Å². The average molecular weight is 232 g/mol. The lowest BCUT2D eigenvalue weighted by atomic mass is 9.91. The second-order valence-electron chi connectivity index (χ2n) is 5.01. The van der Waals surface area contributed by atoms with Crippen LogP contribution in [0.25, 0.3) is 0 Å². The van der Waals surface area contributed by atoms with Gasteiger partial charge in [0, 0.05) is 5.57 Å². The van der Waals surface area contributed by atoms with Crippen molar-refractivity contribution in [2.45, 2.75) is 53.9 Å². The molecule has 0 heterocycles. The van der Waals surface area contributed by atoms with E-state index in [1.54, 1.807) is 6.92 Å². The second kappa shape index (κ2) is 6.00. The number of hydrogen-bond acceptors (Lipinski definition) is 1. The molecule has 1 nitrogen and oxygen atoms in total. The highest BCUT2D eigenvalue weighted by atomic mass is 16.1. The fraction of sp³-hybridized carbons (Fsp3) is 0.562. The van der Waals surface area contributed by atoms with E-state index in [0.29, 0.717) is 5.92 Å². The molecule has 1 unspecified atom stereocenters. The number of ketones is 1. The van der Waals surface area contributed by atoms with Gasteiger partial charge in [0.1, 0.15) is 0 Å². The van der Waals surface area contributed by atoms with Gasteiger partial charge in [-0.15, -0.1) is 0 Å². The van der Waals surface area contributed by atoms with Crippen LogP contribution < -0.4 is 0 Å². The van der Waals surface area contributed by atoms with Crippen molar-refractivity contribution in [2.24, 2.45) is 5.92 Å². The third kappa shape index (κ3) is 3.42. The molecule has 0 saturated heterocycles. The SMILES string of the molecule is CCC1=CC(C(C)=O)=C(C)C=C(C(C)CC)C1. The van der Waals surface area contributed by atoms with Crippen molar-refractivity contribution in [3.63, 3.8) is 0 Å². The Bertz CT molecular complexity index is 394. The Morgan fingerprint density at radius 1 is 1.35 bits per heavy atom. The molecule has 0 aromatic carbocycles. The van der Waals surface area contributed by atoms with Crippen molar-refractivity contribution in [2.75, 3.05) is 0 Å². The molecule has 17 heavy (non-hydrogen) atoms. The highest BCUT2D eigenvalue weighted by Crippen LogP contribution is 2.30. The first-order valence-corrected chi connectivity index (χ1v) is 6.61. The lowest BCUT2D eigenvalue weighted by Crippen LogP contribution is -1.99. The summed E-state index contributed by atoms with van der Waals surface area (Å²) in [6.07, 6.45) is 7.54. The van der Waals surface area contributed by atoms with Crippen LogP contribution in [-0.4, -0.2) is 5.78 Å². The van der Waals surface area contributed by atoms with Crippen LogP contribution in [0.2, 0.25) is 0 Å². The predicted molar refractivity (Wildman–Crippen MR) is 73.9 cm³/mol. The molecule has 0 aliphatic heterocycles. The zero-order valence-corrected chi connectivity index (χ0v) is 11.8. The van der Waals surface area contributed by atoms with Crippen molar-refractivity contribution in [3.05, 3.63) is 34.4 Å². The van der Waals surface area contributed by atoms with Crippen molar-refractivity contribution in [1.82, 2.24) is 0 Å². The van der Waals surface area contributed by atoms with Crippen LogP contribution in [0.15, 0.2) is 34.4 Å². The van der Waals surface area contributed by atoms with E-state index in [4.69, 9.17) is 0 Å². The van der Waals surface area contributed by atoms with E-state index >= 15 is 0 Å². The minimum Gasteiger partial charge on any atom is -0.295 e. The summed E-state index contributed by atoms with van der Waals surface area (Å²) in [4.78, 5) is 11.6. The van der Waals surface area contributed by atoms with Gasteiger partial charge in [0.25, 0.3) is 0 Å². The molecule has 0 N–H and O–H groups in total. The zero-order valence-electron chi connectivity index (χ0n) is 11.8. The molecule has 0 aromatic heterocycles. The molecule has 1 atom stereocenters. The van der Waals surface area contributed by atoms with Crippen LogP contribution in [0.5, 0.6) is 0 Å².